The molecule has 4 aromatic rings. The molecule has 0 bridgehead atoms. The van der Waals surface area contributed by atoms with E-state index in [2.05, 4.69) is 0 Å². The third-order valence-electron chi connectivity index (χ3n) is 4.70. The van der Waals surface area contributed by atoms with E-state index in [9.17, 15) is 4.79 Å². The summed E-state index contributed by atoms with van der Waals surface area (Å²) in [5.41, 5.74) is 3.70. The van der Waals surface area contributed by atoms with Gasteiger partial charge in [-0.3, -0.25) is 9.69 Å². The van der Waals surface area contributed by atoms with Gasteiger partial charge >= 0.3 is 0 Å². The van der Waals surface area contributed by atoms with Crippen molar-refractivity contribution in [3.63, 3.8) is 0 Å². The standard InChI is InChI=1S/C23H18Cl2N2OS/c1-15-11-12-19(25)22-21(15)26-23(29-22)27(14-16-7-3-2-4-8-16)20(28)13-17-9-5-6-10-18(17)24/h2-12H,13-14H2,1H3. The van der Waals surface area contributed by atoms with E-state index in [0.717, 1.165) is 26.9 Å². The molecule has 1 heterocycles. The lowest BCUT2D eigenvalue weighted by Gasteiger charge is -2.20. The van der Waals surface area contributed by atoms with Crippen molar-refractivity contribution < 1.29 is 4.79 Å². The molecule has 0 atom stereocenters. The van der Waals surface area contributed by atoms with Crippen LogP contribution in [0.5, 0.6) is 0 Å². The molecular formula is C23H18Cl2N2OS. The van der Waals surface area contributed by atoms with Gasteiger partial charge in [0.05, 0.1) is 28.2 Å². The Morgan fingerprint density at radius 3 is 2.41 bits per heavy atom. The molecule has 3 aromatic carbocycles. The minimum Gasteiger partial charge on any atom is -0.283 e. The minimum atomic E-state index is -0.0604. The first-order valence-corrected chi connectivity index (χ1v) is 10.7. The van der Waals surface area contributed by atoms with Crippen LogP contribution in [0.2, 0.25) is 10.0 Å². The lowest BCUT2D eigenvalue weighted by molar-refractivity contribution is -0.118. The smallest absolute Gasteiger partial charge is 0.233 e. The van der Waals surface area contributed by atoms with Gasteiger partial charge in [0.1, 0.15) is 0 Å². The molecule has 29 heavy (non-hydrogen) atoms. The van der Waals surface area contributed by atoms with Crippen molar-refractivity contribution in [1.82, 2.24) is 4.98 Å². The highest BCUT2D eigenvalue weighted by Crippen LogP contribution is 2.36. The number of carbonyl (C=O) groups is 1. The Hall–Kier alpha value is -2.40. The highest BCUT2D eigenvalue weighted by molar-refractivity contribution is 7.23. The third-order valence-corrected chi connectivity index (χ3v) is 6.61. The van der Waals surface area contributed by atoms with Crippen molar-refractivity contribution in [2.45, 2.75) is 19.9 Å². The zero-order chi connectivity index (χ0) is 20.4. The average Bonchev–Trinajstić information content (AvgIpc) is 3.18. The second-order valence-corrected chi connectivity index (χ2v) is 8.56. The van der Waals surface area contributed by atoms with Crippen molar-refractivity contribution in [2.24, 2.45) is 0 Å². The number of nitrogens with zero attached hydrogens (tertiary/aromatic N) is 2. The molecule has 0 saturated heterocycles. The molecule has 4 rings (SSSR count). The number of thiazole rings is 1. The van der Waals surface area contributed by atoms with Crippen LogP contribution in [-0.2, 0) is 17.8 Å². The summed E-state index contributed by atoms with van der Waals surface area (Å²) in [6.07, 6.45) is 0.204. The highest BCUT2D eigenvalue weighted by Gasteiger charge is 2.22. The predicted molar refractivity (Wildman–Crippen MR) is 122 cm³/mol. The molecule has 1 aromatic heterocycles. The summed E-state index contributed by atoms with van der Waals surface area (Å²) in [6.45, 7) is 2.43. The zero-order valence-corrected chi connectivity index (χ0v) is 18.1. The zero-order valence-electron chi connectivity index (χ0n) is 15.7. The van der Waals surface area contributed by atoms with Crippen LogP contribution in [-0.4, -0.2) is 10.9 Å². The monoisotopic (exact) mass is 440 g/mol. The van der Waals surface area contributed by atoms with Gasteiger partial charge in [-0.25, -0.2) is 4.98 Å². The number of aromatic nitrogens is 1. The third kappa shape index (κ3) is 4.30. The summed E-state index contributed by atoms with van der Waals surface area (Å²) >= 11 is 14.1. The molecule has 0 spiro atoms. The van der Waals surface area contributed by atoms with Crippen LogP contribution in [0, 0.1) is 6.92 Å². The molecular weight excluding hydrogens is 423 g/mol. The van der Waals surface area contributed by atoms with Crippen LogP contribution in [0.25, 0.3) is 10.2 Å². The molecule has 1 amide bonds. The Balaban J connectivity index is 1.74. The van der Waals surface area contributed by atoms with E-state index in [0.29, 0.717) is 21.7 Å². The predicted octanol–water partition coefficient (Wildman–Crippen LogP) is 6.69. The molecule has 3 nitrogen and oxygen atoms in total. The molecule has 0 unspecified atom stereocenters. The lowest BCUT2D eigenvalue weighted by atomic mass is 10.1. The summed E-state index contributed by atoms with van der Waals surface area (Å²) in [7, 11) is 0. The first-order valence-electron chi connectivity index (χ1n) is 9.16. The van der Waals surface area contributed by atoms with Gasteiger partial charge in [0, 0.05) is 5.02 Å². The highest BCUT2D eigenvalue weighted by atomic mass is 35.5. The van der Waals surface area contributed by atoms with Crippen LogP contribution in [0.3, 0.4) is 0 Å². The molecule has 0 aliphatic carbocycles. The average molecular weight is 441 g/mol. The van der Waals surface area contributed by atoms with Gasteiger partial charge in [-0.1, -0.05) is 89.1 Å². The minimum absolute atomic E-state index is 0.0604. The second kappa shape index (κ2) is 8.54. The lowest BCUT2D eigenvalue weighted by Crippen LogP contribution is -2.31. The van der Waals surface area contributed by atoms with Crippen LogP contribution in [0.4, 0.5) is 5.13 Å². The fourth-order valence-corrected chi connectivity index (χ4v) is 4.67. The summed E-state index contributed by atoms with van der Waals surface area (Å²) < 4.78 is 0.894. The number of benzene rings is 3. The van der Waals surface area contributed by atoms with Gasteiger partial charge in [0.25, 0.3) is 0 Å². The molecule has 0 radical (unpaired) electrons. The Bertz CT molecular complexity index is 1140. The topological polar surface area (TPSA) is 33.2 Å². The molecule has 0 aliphatic rings. The summed E-state index contributed by atoms with van der Waals surface area (Å²) in [6, 6.07) is 21.1. The van der Waals surface area contributed by atoms with Crippen molar-refractivity contribution >= 4 is 55.8 Å². The Labute approximate surface area is 183 Å². The van der Waals surface area contributed by atoms with E-state index in [4.69, 9.17) is 28.2 Å². The van der Waals surface area contributed by atoms with Gasteiger partial charge in [0.15, 0.2) is 5.13 Å². The fourth-order valence-electron chi connectivity index (χ4n) is 3.13. The van der Waals surface area contributed by atoms with Gasteiger partial charge in [-0.2, -0.15) is 0 Å². The Kier molecular flexibility index (Phi) is 5.86. The second-order valence-electron chi connectivity index (χ2n) is 6.77. The quantitative estimate of drug-likeness (QED) is 0.346. The molecule has 0 fully saturated rings. The largest absolute Gasteiger partial charge is 0.283 e. The molecule has 0 aliphatic heterocycles. The van der Waals surface area contributed by atoms with Crippen molar-refractivity contribution in [2.75, 3.05) is 4.90 Å². The van der Waals surface area contributed by atoms with Gasteiger partial charge in [0.2, 0.25) is 5.91 Å². The van der Waals surface area contributed by atoms with E-state index >= 15 is 0 Å². The van der Waals surface area contributed by atoms with E-state index in [1.54, 1.807) is 11.0 Å². The number of rotatable bonds is 5. The Morgan fingerprint density at radius 2 is 1.69 bits per heavy atom. The number of carbonyl (C=O) groups excluding carboxylic acids is 1. The SMILES string of the molecule is Cc1ccc(Cl)c2sc(N(Cc3ccccc3)C(=O)Cc3ccccc3Cl)nc12. The molecule has 0 saturated carbocycles. The molecule has 0 N–H and O–H groups in total. The van der Waals surface area contributed by atoms with Crippen LogP contribution in [0.1, 0.15) is 16.7 Å². The first kappa shape index (κ1) is 19.9. The molecule has 146 valence electrons. The van der Waals surface area contributed by atoms with Crippen molar-refractivity contribution in [1.29, 1.82) is 0 Å². The van der Waals surface area contributed by atoms with E-state index in [1.165, 1.54) is 11.3 Å². The van der Waals surface area contributed by atoms with Crippen molar-refractivity contribution in [3.05, 3.63) is 93.5 Å². The number of halogens is 2. The van der Waals surface area contributed by atoms with Crippen molar-refractivity contribution in [3.8, 4) is 0 Å². The maximum atomic E-state index is 13.3. The fraction of sp³-hybridized carbons (Fsp3) is 0.130. The summed E-state index contributed by atoms with van der Waals surface area (Å²) in [5.74, 6) is -0.0604. The maximum absolute atomic E-state index is 13.3. The van der Waals surface area contributed by atoms with Gasteiger partial charge in [-0.15, -0.1) is 0 Å². The van der Waals surface area contributed by atoms with E-state index in [1.807, 2.05) is 67.6 Å². The van der Waals surface area contributed by atoms with Crippen LogP contribution < -0.4 is 4.90 Å². The maximum Gasteiger partial charge on any atom is 0.233 e. The summed E-state index contributed by atoms with van der Waals surface area (Å²) in [4.78, 5) is 19.8. The Morgan fingerprint density at radius 1 is 0.966 bits per heavy atom. The van der Waals surface area contributed by atoms with Crippen LogP contribution in [0.15, 0.2) is 66.7 Å². The number of hydrogen-bond donors (Lipinski definition) is 0. The summed E-state index contributed by atoms with van der Waals surface area (Å²) in [5, 5.41) is 1.87. The number of hydrogen-bond acceptors (Lipinski definition) is 3. The number of amides is 1. The number of aryl methyl sites for hydroxylation is 1. The number of anilines is 1. The molecule has 6 heteroatoms. The van der Waals surface area contributed by atoms with Gasteiger partial charge in [-0.05, 0) is 35.7 Å². The first-order chi connectivity index (χ1) is 14.0. The van der Waals surface area contributed by atoms with Crippen LogP contribution >= 0.6 is 34.5 Å². The number of fused-ring (bicyclic) bond motifs is 1. The van der Waals surface area contributed by atoms with E-state index in [-0.39, 0.29) is 12.3 Å². The normalized spacial score (nSPS) is 11.0. The van der Waals surface area contributed by atoms with Gasteiger partial charge < -0.3 is 0 Å². The van der Waals surface area contributed by atoms with E-state index < -0.39 is 0 Å².